The molecule has 0 amide bonds. The number of amidine groups is 1. The number of nitrogens with zero attached hydrogens (tertiary/aromatic N) is 6. The highest BCUT2D eigenvalue weighted by Crippen LogP contribution is 2.27. The van der Waals surface area contributed by atoms with Gasteiger partial charge in [-0.15, -0.1) is 5.10 Å². The molecular weight excluding hydrogens is 404 g/mol. The Bertz CT molecular complexity index is 1330. The van der Waals surface area contributed by atoms with Gasteiger partial charge in [0.2, 0.25) is 5.95 Å². The lowest BCUT2D eigenvalue weighted by Crippen LogP contribution is -2.36. The third-order valence-corrected chi connectivity index (χ3v) is 6.23. The average molecular weight is 429 g/mol. The Hall–Kier alpha value is -3.72. The smallest absolute Gasteiger partial charge is 0.223 e. The van der Waals surface area contributed by atoms with Gasteiger partial charge in [-0.25, -0.2) is 9.97 Å². The van der Waals surface area contributed by atoms with Gasteiger partial charge < -0.3 is 15.8 Å². The molecule has 0 spiro atoms. The molecule has 2 unspecified atom stereocenters. The molecule has 2 aliphatic heterocycles. The first kappa shape index (κ1) is 19.0. The summed E-state index contributed by atoms with van der Waals surface area (Å²) in [4.78, 5) is 16.6. The average Bonchev–Trinajstić information content (AvgIpc) is 3.51. The molecule has 4 aromatic rings. The normalized spacial score (nSPS) is 20.5. The van der Waals surface area contributed by atoms with Crippen LogP contribution in [-0.2, 0) is 6.42 Å². The van der Waals surface area contributed by atoms with E-state index in [9.17, 15) is 0 Å². The van der Waals surface area contributed by atoms with Gasteiger partial charge in [0, 0.05) is 37.0 Å². The molecule has 2 aromatic carbocycles. The van der Waals surface area contributed by atoms with Crippen LogP contribution in [0, 0.1) is 0 Å². The summed E-state index contributed by atoms with van der Waals surface area (Å²) in [5, 5.41) is 9.08. The van der Waals surface area contributed by atoms with Crippen molar-refractivity contribution in [2.75, 3.05) is 32.5 Å². The predicted molar refractivity (Wildman–Crippen MR) is 123 cm³/mol. The molecule has 0 aliphatic carbocycles. The maximum absolute atomic E-state index is 6.16. The number of anilines is 1. The summed E-state index contributed by atoms with van der Waals surface area (Å²) in [5.41, 5.74) is 8.72. The van der Waals surface area contributed by atoms with Crippen molar-refractivity contribution < 1.29 is 4.74 Å². The van der Waals surface area contributed by atoms with Crippen LogP contribution in [-0.4, -0.2) is 69.1 Å². The van der Waals surface area contributed by atoms with E-state index >= 15 is 0 Å². The summed E-state index contributed by atoms with van der Waals surface area (Å²) >= 11 is 0. The summed E-state index contributed by atoms with van der Waals surface area (Å²) in [7, 11) is 1.62. The maximum Gasteiger partial charge on any atom is 0.223 e. The minimum absolute atomic E-state index is 0.287. The number of fused-ring (bicyclic) bond motifs is 4. The summed E-state index contributed by atoms with van der Waals surface area (Å²) in [6.07, 6.45) is 0.737. The molecule has 6 rings (SSSR count). The van der Waals surface area contributed by atoms with E-state index in [1.807, 2.05) is 36.4 Å². The number of aliphatic imine (C=N–C) groups is 1. The predicted octanol–water partition coefficient (Wildman–Crippen LogP) is 1.51. The first-order chi connectivity index (χ1) is 15.7. The minimum atomic E-state index is 0.287. The number of likely N-dealkylation sites (tertiary alicyclic amines) is 1. The fourth-order valence-corrected chi connectivity index (χ4v) is 4.65. The van der Waals surface area contributed by atoms with Gasteiger partial charge in [-0.2, -0.15) is 4.52 Å². The third-order valence-electron chi connectivity index (χ3n) is 6.23. The molecule has 9 heteroatoms. The lowest BCUT2D eigenvalue weighted by molar-refractivity contribution is 0.330. The lowest BCUT2D eigenvalue weighted by atomic mass is 10.2. The Balaban J connectivity index is 1.18. The Morgan fingerprint density at radius 2 is 1.97 bits per heavy atom. The molecule has 1 saturated heterocycles. The molecule has 9 nitrogen and oxygen atoms in total. The number of hydrogen-bond acceptors (Lipinski definition) is 8. The monoisotopic (exact) mass is 428 g/mol. The molecular formula is C23H24N8O. The van der Waals surface area contributed by atoms with E-state index in [2.05, 4.69) is 32.4 Å². The van der Waals surface area contributed by atoms with Gasteiger partial charge >= 0.3 is 0 Å². The van der Waals surface area contributed by atoms with Crippen LogP contribution < -0.4 is 15.8 Å². The summed E-state index contributed by atoms with van der Waals surface area (Å²) in [5.74, 6) is 2.74. The molecule has 2 aliphatic rings. The Kier molecular flexibility index (Phi) is 4.43. The maximum atomic E-state index is 6.16. The van der Waals surface area contributed by atoms with Crippen molar-refractivity contribution in [2.45, 2.75) is 18.5 Å². The Labute approximate surface area is 184 Å². The van der Waals surface area contributed by atoms with Crippen molar-refractivity contribution in [3.05, 3.63) is 59.9 Å². The fourth-order valence-electron chi connectivity index (χ4n) is 4.65. The van der Waals surface area contributed by atoms with Crippen molar-refractivity contribution in [3.8, 4) is 5.75 Å². The summed E-state index contributed by atoms with van der Waals surface area (Å²) in [6.45, 7) is 2.77. The molecule has 0 saturated carbocycles. The number of nitrogens with two attached hydrogens (primary N) is 1. The van der Waals surface area contributed by atoms with Crippen LogP contribution in [0.4, 0.5) is 5.95 Å². The molecule has 1 fully saturated rings. The quantitative estimate of drug-likeness (QED) is 0.496. The molecule has 3 N–H and O–H groups in total. The number of rotatable bonds is 5. The molecule has 2 atom stereocenters. The second-order valence-corrected chi connectivity index (χ2v) is 8.26. The van der Waals surface area contributed by atoms with E-state index in [1.165, 1.54) is 0 Å². The number of methoxy groups -OCH3 is 1. The van der Waals surface area contributed by atoms with Crippen molar-refractivity contribution in [1.82, 2.24) is 29.8 Å². The van der Waals surface area contributed by atoms with Crippen molar-refractivity contribution in [1.29, 1.82) is 0 Å². The zero-order valence-electron chi connectivity index (χ0n) is 17.8. The summed E-state index contributed by atoms with van der Waals surface area (Å²) in [6, 6.07) is 16.7. The number of nitrogen functional groups attached to an aromatic ring is 1. The fraction of sp³-hybridized carbons (Fsp3) is 0.304. The Morgan fingerprint density at radius 1 is 1.09 bits per heavy atom. The van der Waals surface area contributed by atoms with Gasteiger partial charge in [0.25, 0.3) is 0 Å². The van der Waals surface area contributed by atoms with E-state index in [1.54, 1.807) is 11.6 Å². The van der Waals surface area contributed by atoms with Gasteiger partial charge in [-0.05, 0) is 12.1 Å². The van der Waals surface area contributed by atoms with Crippen LogP contribution in [0.2, 0.25) is 0 Å². The first-order valence-corrected chi connectivity index (χ1v) is 10.8. The SMILES string of the molecule is COc1cccc2c1nc(N)n1nc(CCN3CC4N=C(c5ccccc5)NC4C3)nc21. The highest BCUT2D eigenvalue weighted by molar-refractivity contribution is 6.00. The van der Waals surface area contributed by atoms with Crippen molar-refractivity contribution >= 4 is 28.3 Å². The van der Waals surface area contributed by atoms with E-state index in [0.29, 0.717) is 28.9 Å². The van der Waals surface area contributed by atoms with Crippen molar-refractivity contribution in [2.24, 2.45) is 4.99 Å². The van der Waals surface area contributed by atoms with Crippen LogP contribution in [0.15, 0.2) is 53.5 Å². The van der Waals surface area contributed by atoms with Gasteiger partial charge in [-0.1, -0.05) is 36.4 Å². The number of aromatic nitrogens is 4. The van der Waals surface area contributed by atoms with E-state index in [-0.39, 0.29) is 6.04 Å². The van der Waals surface area contributed by atoms with Crippen LogP contribution in [0.25, 0.3) is 16.6 Å². The number of nitrogens with one attached hydrogen (secondary N) is 1. The van der Waals surface area contributed by atoms with Gasteiger partial charge in [0.1, 0.15) is 17.1 Å². The highest BCUT2D eigenvalue weighted by Gasteiger charge is 2.37. The van der Waals surface area contributed by atoms with E-state index in [0.717, 1.165) is 48.7 Å². The van der Waals surface area contributed by atoms with Crippen LogP contribution >= 0.6 is 0 Å². The number of ether oxygens (including phenoxy) is 1. The second kappa shape index (κ2) is 7.45. The van der Waals surface area contributed by atoms with Gasteiger partial charge in [0.05, 0.1) is 19.2 Å². The molecule has 32 heavy (non-hydrogen) atoms. The van der Waals surface area contributed by atoms with Crippen LogP contribution in [0.3, 0.4) is 0 Å². The summed E-state index contributed by atoms with van der Waals surface area (Å²) < 4.78 is 7.05. The molecule has 0 radical (unpaired) electrons. The molecule has 2 aromatic heterocycles. The van der Waals surface area contributed by atoms with Crippen LogP contribution in [0.5, 0.6) is 5.75 Å². The first-order valence-electron chi connectivity index (χ1n) is 10.8. The van der Waals surface area contributed by atoms with E-state index in [4.69, 9.17) is 20.4 Å². The second-order valence-electron chi connectivity index (χ2n) is 8.26. The zero-order chi connectivity index (χ0) is 21.7. The topological polar surface area (TPSA) is 106 Å². The van der Waals surface area contributed by atoms with Crippen molar-refractivity contribution in [3.63, 3.8) is 0 Å². The highest BCUT2D eigenvalue weighted by atomic mass is 16.5. The lowest BCUT2D eigenvalue weighted by Gasteiger charge is -2.16. The van der Waals surface area contributed by atoms with Gasteiger partial charge in [-0.3, -0.25) is 9.89 Å². The standard InChI is InChI=1S/C23H24N8O/c1-32-18-9-5-8-15-20(18)28-23(24)31-22(15)27-19(29-31)10-11-30-12-16-17(13-30)26-21(25-16)14-6-3-2-4-7-14/h2-9,16-17H,10-13H2,1H3,(H2,24,28)(H,25,26). The molecule has 4 heterocycles. The Morgan fingerprint density at radius 3 is 2.78 bits per heavy atom. The molecule has 0 bridgehead atoms. The van der Waals surface area contributed by atoms with E-state index < -0.39 is 0 Å². The molecule has 162 valence electrons. The minimum Gasteiger partial charge on any atom is -0.494 e. The number of hydrogen-bond donors (Lipinski definition) is 2. The number of benzene rings is 2. The third kappa shape index (κ3) is 3.13. The number of para-hydroxylation sites is 1. The zero-order valence-corrected chi connectivity index (χ0v) is 17.8. The largest absolute Gasteiger partial charge is 0.494 e. The van der Waals surface area contributed by atoms with Gasteiger partial charge in [0.15, 0.2) is 11.5 Å². The van der Waals surface area contributed by atoms with Crippen LogP contribution in [0.1, 0.15) is 11.4 Å².